The van der Waals surface area contributed by atoms with Gasteiger partial charge in [-0.1, -0.05) is 0 Å². The Morgan fingerprint density at radius 3 is 2.21 bits per heavy atom. The molecule has 0 aromatic heterocycles. The molecule has 3 N–H and O–H groups in total. The van der Waals surface area contributed by atoms with E-state index in [4.69, 9.17) is 11.1 Å². The first-order valence-corrected chi connectivity index (χ1v) is 9.42. The lowest BCUT2D eigenvalue weighted by atomic mass is 10.2. The highest BCUT2D eigenvalue weighted by molar-refractivity contribution is 7.92. The van der Waals surface area contributed by atoms with E-state index in [-0.39, 0.29) is 42.8 Å². The lowest BCUT2D eigenvalue weighted by molar-refractivity contribution is 0.379. The van der Waals surface area contributed by atoms with Gasteiger partial charge in [-0.15, -0.1) is 0 Å². The molecule has 0 bridgehead atoms. The van der Waals surface area contributed by atoms with Crippen molar-refractivity contribution in [3.05, 3.63) is 0 Å². The summed E-state index contributed by atoms with van der Waals surface area (Å²) in [6.07, 6.45) is 0.234. The van der Waals surface area contributed by atoms with Gasteiger partial charge in [0.25, 0.3) is 0 Å². The SMILES string of the molecule is CC(C)N(CC(=N)N)S(=O)(=O)C1CCS(=O)(=O)CC1. The summed E-state index contributed by atoms with van der Waals surface area (Å²) in [6.45, 7) is 3.27. The lowest BCUT2D eigenvalue weighted by Gasteiger charge is -2.31. The third kappa shape index (κ3) is 4.15. The van der Waals surface area contributed by atoms with Crippen molar-refractivity contribution < 1.29 is 16.8 Å². The summed E-state index contributed by atoms with van der Waals surface area (Å²) < 4.78 is 48.8. The average molecular weight is 311 g/mol. The molecule has 0 unspecified atom stereocenters. The largest absolute Gasteiger partial charge is 0.387 e. The van der Waals surface area contributed by atoms with E-state index >= 15 is 0 Å². The molecule has 1 aliphatic rings. The van der Waals surface area contributed by atoms with Gasteiger partial charge in [-0.2, -0.15) is 4.31 Å². The molecule has 0 spiro atoms. The molecular weight excluding hydrogens is 290 g/mol. The summed E-state index contributed by atoms with van der Waals surface area (Å²) in [4.78, 5) is 0. The molecule has 1 rings (SSSR count). The highest BCUT2D eigenvalue weighted by Crippen LogP contribution is 2.23. The van der Waals surface area contributed by atoms with E-state index in [0.29, 0.717) is 0 Å². The van der Waals surface area contributed by atoms with E-state index in [1.165, 1.54) is 4.31 Å². The first-order chi connectivity index (χ1) is 8.56. The van der Waals surface area contributed by atoms with Crippen molar-refractivity contribution in [2.24, 2.45) is 5.73 Å². The summed E-state index contributed by atoms with van der Waals surface area (Å²) in [5, 5.41) is 6.55. The van der Waals surface area contributed by atoms with Gasteiger partial charge in [0, 0.05) is 6.04 Å². The van der Waals surface area contributed by atoms with Crippen molar-refractivity contribution in [3.8, 4) is 0 Å². The second kappa shape index (κ2) is 5.76. The first-order valence-electron chi connectivity index (χ1n) is 6.10. The molecular formula is C10H21N3O4S2. The zero-order valence-electron chi connectivity index (χ0n) is 11.2. The fourth-order valence-corrected chi connectivity index (χ4v) is 6.00. The van der Waals surface area contributed by atoms with Gasteiger partial charge < -0.3 is 5.73 Å². The number of amidine groups is 1. The highest BCUT2D eigenvalue weighted by atomic mass is 32.2. The van der Waals surface area contributed by atoms with Crippen LogP contribution in [0.4, 0.5) is 0 Å². The molecule has 7 nitrogen and oxygen atoms in total. The Balaban J connectivity index is 2.92. The van der Waals surface area contributed by atoms with Crippen LogP contribution in [0, 0.1) is 5.41 Å². The Kier molecular flexibility index (Phi) is 4.97. The molecule has 1 fully saturated rings. The molecule has 19 heavy (non-hydrogen) atoms. The summed E-state index contributed by atoms with van der Waals surface area (Å²) >= 11 is 0. The first kappa shape index (κ1) is 16.4. The van der Waals surface area contributed by atoms with Crippen molar-refractivity contribution in [1.82, 2.24) is 4.31 Å². The number of hydrogen-bond acceptors (Lipinski definition) is 5. The molecule has 0 amide bonds. The van der Waals surface area contributed by atoms with Crippen molar-refractivity contribution in [2.45, 2.75) is 38.0 Å². The summed E-state index contributed by atoms with van der Waals surface area (Å²) in [7, 11) is -6.72. The zero-order chi connectivity index (χ0) is 14.8. The molecule has 1 heterocycles. The molecule has 0 saturated carbocycles. The fourth-order valence-electron chi connectivity index (χ4n) is 2.09. The van der Waals surface area contributed by atoms with Gasteiger partial charge in [0.05, 0.1) is 23.3 Å². The monoisotopic (exact) mass is 311 g/mol. The summed E-state index contributed by atoms with van der Waals surface area (Å²) in [6, 6.07) is -0.313. The van der Waals surface area contributed by atoms with E-state index < -0.39 is 25.1 Å². The van der Waals surface area contributed by atoms with Crippen LogP contribution in [-0.2, 0) is 19.9 Å². The minimum Gasteiger partial charge on any atom is -0.387 e. The van der Waals surface area contributed by atoms with Crippen LogP contribution >= 0.6 is 0 Å². The van der Waals surface area contributed by atoms with Crippen molar-refractivity contribution in [1.29, 1.82) is 5.41 Å². The standard InChI is InChI=1S/C10H21N3O4S2/c1-8(2)13(7-10(11)12)19(16,17)9-3-5-18(14,15)6-4-9/h8-9H,3-7H2,1-2H3,(H3,11,12). The van der Waals surface area contributed by atoms with Gasteiger partial charge in [-0.3, -0.25) is 5.41 Å². The van der Waals surface area contributed by atoms with E-state index in [1.807, 2.05) is 0 Å². The van der Waals surface area contributed by atoms with Crippen LogP contribution in [0.3, 0.4) is 0 Å². The Hall–Kier alpha value is -0.670. The molecule has 1 saturated heterocycles. The van der Waals surface area contributed by atoms with Gasteiger partial charge in [-0.25, -0.2) is 16.8 Å². The number of nitrogens with zero attached hydrogens (tertiary/aromatic N) is 1. The van der Waals surface area contributed by atoms with Crippen LogP contribution in [0.15, 0.2) is 0 Å². The molecule has 112 valence electrons. The normalized spacial score (nSPS) is 20.8. The van der Waals surface area contributed by atoms with Crippen LogP contribution in [0.2, 0.25) is 0 Å². The third-order valence-electron chi connectivity index (χ3n) is 3.15. The maximum absolute atomic E-state index is 12.5. The topological polar surface area (TPSA) is 121 Å². The number of sulfone groups is 1. The second-order valence-corrected chi connectivity index (χ2v) is 9.53. The van der Waals surface area contributed by atoms with Crippen LogP contribution in [-0.4, -0.2) is 56.3 Å². The van der Waals surface area contributed by atoms with Crippen LogP contribution in [0.5, 0.6) is 0 Å². The molecule has 0 aromatic rings. The van der Waals surface area contributed by atoms with E-state index in [9.17, 15) is 16.8 Å². The Bertz CT molecular complexity index is 525. The minimum absolute atomic E-state index is 0.0943. The van der Waals surface area contributed by atoms with Gasteiger partial charge in [-0.05, 0) is 26.7 Å². The summed E-state index contributed by atoms with van der Waals surface area (Å²) in [5.41, 5.74) is 5.28. The van der Waals surface area contributed by atoms with Gasteiger partial charge >= 0.3 is 0 Å². The number of sulfonamides is 1. The molecule has 0 atom stereocenters. The molecule has 0 radical (unpaired) electrons. The summed E-state index contributed by atoms with van der Waals surface area (Å²) in [5.74, 6) is -0.410. The van der Waals surface area contributed by atoms with Crippen LogP contribution < -0.4 is 5.73 Å². The number of nitrogens with one attached hydrogen (secondary N) is 1. The number of rotatable bonds is 5. The van der Waals surface area contributed by atoms with Crippen molar-refractivity contribution in [2.75, 3.05) is 18.1 Å². The zero-order valence-corrected chi connectivity index (χ0v) is 12.8. The van der Waals surface area contributed by atoms with Gasteiger partial charge in [0.15, 0.2) is 0 Å². The van der Waals surface area contributed by atoms with E-state index in [1.54, 1.807) is 13.8 Å². The predicted octanol–water partition coefficient (Wildman–Crippen LogP) is -0.460. The molecule has 0 aliphatic carbocycles. The Labute approximate surface area is 114 Å². The smallest absolute Gasteiger partial charge is 0.217 e. The van der Waals surface area contributed by atoms with Gasteiger partial charge in [0.2, 0.25) is 10.0 Å². The van der Waals surface area contributed by atoms with E-state index in [2.05, 4.69) is 0 Å². The average Bonchev–Trinajstić information content (AvgIpc) is 2.24. The number of nitrogens with two attached hydrogens (primary N) is 1. The van der Waals surface area contributed by atoms with Gasteiger partial charge in [0.1, 0.15) is 15.7 Å². The Morgan fingerprint density at radius 1 is 1.37 bits per heavy atom. The lowest BCUT2D eigenvalue weighted by Crippen LogP contribution is -2.48. The van der Waals surface area contributed by atoms with Crippen molar-refractivity contribution in [3.63, 3.8) is 0 Å². The Morgan fingerprint density at radius 2 is 1.84 bits per heavy atom. The highest BCUT2D eigenvalue weighted by Gasteiger charge is 2.37. The second-order valence-electron chi connectivity index (χ2n) is 5.06. The molecule has 0 aromatic carbocycles. The number of hydrogen-bond donors (Lipinski definition) is 2. The van der Waals surface area contributed by atoms with Crippen molar-refractivity contribution >= 4 is 25.7 Å². The fraction of sp³-hybridized carbons (Fsp3) is 0.900. The quantitative estimate of drug-likeness (QED) is 0.525. The molecule has 9 heteroatoms. The van der Waals surface area contributed by atoms with E-state index in [0.717, 1.165) is 0 Å². The van der Waals surface area contributed by atoms with Crippen LogP contribution in [0.25, 0.3) is 0 Å². The third-order valence-corrected chi connectivity index (χ3v) is 7.39. The predicted molar refractivity (Wildman–Crippen MR) is 74.4 cm³/mol. The molecule has 1 aliphatic heterocycles. The minimum atomic E-state index is -3.62. The maximum atomic E-state index is 12.5. The van der Waals surface area contributed by atoms with Crippen LogP contribution in [0.1, 0.15) is 26.7 Å². The maximum Gasteiger partial charge on any atom is 0.217 e.